The first-order valence-electron chi connectivity index (χ1n) is 9.80. The summed E-state index contributed by atoms with van der Waals surface area (Å²) in [6.07, 6.45) is 0.633. The van der Waals surface area contributed by atoms with Crippen LogP contribution in [0, 0.1) is 11.7 Å². The molecule has 7 nitrogen and oxygen atoms in total. The van der Waals surface area contributed by atoms with Crippen LogP contribution in [-0.4, -0.2) is 57.6 Å². The summed E-state index contributed by atoms with van der Waals surface area (Å²) in [7, 11) is -0.467. The molecule has 9 heteroatoms. The van der Waals surface area contributed by atoms with Gasteiger partial charge in [0.25, 0.3) is 10.2 Å². The van der Waals surface area contributed by atoms with Crippen LogP contribution < -0.4 is 14.2 Å². The molecule has 1 fully saturated rings. The average molecular weight is 437 g/mol. The van der Waals surface area contributed by atoms with Crippen LogP contribution in [0.15, 0.2) is 42.5 Å². The van der Waals surface area contributed by atoms with Crippen molar-refractivity contribution < 1.29 is 27.0 Å². The molecule has 162 valence electrons. The summed E-state index contributed by atoms with van der Waals surface area (Å²) in [5.41, 5.74) is 0.984. The fourth-order valence-electron chi connectivity index (χ4n) is 3.93. The molecule has 4 rings (SSSR count). The molecule has 0 aliphatic carbocycles. The molecule has 2 heterocycles. The fraction of sp³-hybridized carbons (Fsp3) is 0.429. The van der Waals surface area contributed by atoms with Crippen molar-refractivity contribution in [1.82, 2.24) is 8.61 Å². The maximum absolute atomic E-state index is 13.4. The Morgan fingerprint density at radius 2 is 1.87 bits per heavy atom. The van der Waals surface area contributed by atoms with Crippen LogP contribution in [0.2, 0.25) is 0 Å². The molecule has 2 aromatic carbocycles. The minimum absolute atomic E-state index is 0.0632. The topological polar surface area (TPSA) is 68.3 Å². The Bertz CT molecular complexity index is 997. The van der Waals surface area contributed by atoms with Gasteiger partial charge in [-0.05, 0) is 42.2 Å². The second-order valence-electron chi connectivity index (χ2n) is 7.68. The second kappa shape index (κ2) is 8.41. The molecule has 2 aliphatic rings. The molecular formula is C21H25FN2O5S. The van der Waals surface area contributed by atoms with Crippen molar-refractivity contribution in [2.75, 3.05) is 40.6 Å². The summed E-state index contributed by atoms with van der Waals surface area (Å²) in [6.45, 7) is 1.24. The summed E-state index contributed by atoms with van der Waals surface area (Å²) in [5.74, 6) is 1.61. The number of hydrogen-bond acceptors (Lipinski definition) is 5. The molecule has 2 aromatic rings. The summed E-state index contributed by atoms with van der Waals surface area (Å²) in [5, 5.41) is 0. The largest absolute Gasteiger partial charge is 0.493 e. The third kappa shape index (κ3) is 4.23. The molecule has 2 atom stereocenters. The van der Waals surface area contributed by atoms with Crippen LogP contribution in [0.1, 0.15) is 17.9 Å². The number of piperidine rings is 1. The first-order valence-corrected chi connectivity index (χ1v) is 11.2. The first-order chi connectivity index (χ1) is 14.3. The van der Waals surface area contributed by atoms with Crippen molar-refractivity contribution in [2.45, 2.75) is 12.3 Å². The number of fused-ring (bicyclic) bond motifs is 1. The van der Waals surface area contributed by atoms with Crippen LogP contribution in [-0.2, 0) is 10.2 Å². The maximum atomic E-state index is 13.4. The Balaban J connectivity index is 1.54. The highest BCUT2D eigenvalue weighted by Crippen LogP contribution is 2.37. The van der Waals surface area contributed by atoms with Crippen LogP contribution in [0.4, 0.5) is 4.39 Å². The minimum Gasteiger partial charge on any atom is -0.493 e. The van der Waals surface area contributed by atoms with Gasteiger partial charge in [-0.1, -0.05) is 12.1 Å². The highest BCUT2D eigenvalue weighted by molar-refractivity contribution is 7.86. The smallest absolute Gasteiger partial charge is 0.281 e. The number of benzene rings is 2. The van der Waals surface area contributed by atoms with Crippen LogP contribution >= 0.6 is 0 Å². The minimum atomic E-state index is -3.52. The highest BCUT2D eigenvalue weighted by Gasteiger charge is 2.37. The zero-order valence-electron chi connectivity index (χ0n) is 17.0. The molecule has 0 aromatic heterocycles. The summed E-state index contributed by atoms with van der Waals surface area (Å²) in [6, 6.07) is 11.8. The van der Waals surface area contributed by atoms with E-state index in [0.29, 0.717) is 43.4 Å². The molecular weight excluding hydrogens is 411 g/mol. The van der Waals surface area contributed by atoms with Crippen LogP contribution in [0.5, 0.6) is 17.2 Å². The Labute approximate surface area is 176 Å². The van der Waals surface area contributed by atoms with Gasteiger partial charge >= 0.3 is 0 Å². The van der Waals surface area contributed by atoms with Gasteiger partial charge in [0.2, 0.25) is 6.79 Å². The van der Waals surface area contributed by atoms with Crippen molar-refractivity contribution in [2.24, 2.45) is 5.92 Å². The normalized spacial score (nSPS) is 21.7. The van der Waals surface area contributed by atoms with Crippen molar-refractivity contribution >= 4 is 10.2 Å². The molecule has 0 saturated carbocycles. The van der Waals surface area contributed by atoms with Gasteiger partial charge in [0, 0.05) is 39.2 Å². The molecule has 0 unspecified atom stereocenters. The standard InChI is InChI=1S/C21H25FN2O5S/c1-23(2)30(25,26)24-10-9-19(15-3-5-17(22)6-4-15)16(12-24)13-27-18-7-8-20-21(11-18)29-14-28-20/h3-8,11,16,19H,9-10,12-14H2,1-2H3/t16-,19-/m1/s1. The summed E-state index contributed by atoms with van der Waals surface area (Å²) >= 11 is 0. The maximum Gasteiger partial charge on any atom is 0.281 e. The quantitative estimate of drug-likeness (QED) is 0.697. The van der Waals surface area contributed by atoms with Gasteiger partial charge in [-0.3, -0.25) is 0 Å². The summed E-state index contributed by atoms with van der Waals surface area (Å²) < 4.78 is 58.1. The Hall–Kier alpha value is -2.36. The van der Waals surface area contributed by atoms with Crippen molar-refractivity contribution in [1.29, 1.82) is 0 Å². The Morgan fingerprint density at radius 3 is 2.60 bits per heavy atom. The zero-order chi connectivity index (χ0) is 21.3. The van der Waals surface area contributed by atoms with Gasteiger partial charge in [0.15, 0.2) is 11.5 Å². The molecule has 0 radical (unpaired) electrons. The monoisotopic (exact) mass is 436 g/mol. The molecule has 0 spiro atoms. The van der Waals surface area contributed by atoms with E-state index in [9.17, 15) is 12.8 Å². The van der Waals surface area contributed by atoms with E-state index in [0.717, 1.165) is 5.56 Å². The van der Waals surface area contributed by atoms with E-state index < -0.39 is 10.2 Å². The van der Waals surface area contributed by atoms with E-state index in [1.807, 2.05) is 0 Å². The van der Waals surface area contributed by atoms with Crippen molar-refractivity contribution in [3.63, 3.8) is 0 Å². The lowest BCUT2D eigenvalue weighted by atomic mass is 9.81. The number of hydrogen-bond donors (Lipinski definition) is 0. The zero-order valence-corrected chi connectivity index (χ0v) is 17.8. The van der Waals surface area contributed by atoms with Gasteiger partial charge in [-0.25, -0.2) is 4.39 Å². The van der Waals surface area contributed by atoms with Crippen LogP contribution in [0.3, 0.4) is 0 Å². The summed E-state index contributed by atoms with van der Waals surface area (Å²) in [4.78, 5) is 0. The predicted octanol–water partition coefficient (Wildman–Crippen LogP) is 2.85. The SMILES string of the molecule is CN(C)S(=O)(=O)N1CC[C@H](c2ccc(F)cc2)[C@@H](COc2ccc3c(c2)OCO3)C1. The number of nitrogens with zero attached hydrogens (tertiary/aromatic N) is 2. The van der Waals surface area contributed by atoms with E-state index >= 15 is 0 Å². The van der Waals surface area contributed by atoms with E-state index in [2.05, 4.69) is 0 Å². The third-order valence-electron chi connectivity index (χ3n) is 5.59. The van der Waals surface area contributed by atoms with Crippen LogP contribution in [0.25, 0.3) is 0 Å². The van der Waals surface area contributed by atoms with Crippen molar-refractivity contribution in [3.8, 4) is 17.2 Å². The van der Waals surface area contributed by atoms with E-state index in [-0.39, 0.29) is 24.4 Å². The lowest BCUT2D eigenvalue weighted by Gasteiger charge is -2.38. The van der Waals surface area contributed by atoms with Crippen molar-refractivity contribution in [3.05, 3.63) is 53.8 Å². The molecule has 1 saturated heterocycles. The van der Waals surface area contributed by atoms with Gasteiger partial charge in [-0.15, -0.1) is 0 Å². The van der Waals surface area contributed by atoms with Gasteiger partial charge in [-0.2, -0.15) is 17.0 Å². The highest BCUT2D eigenvalue weighted by atomic mass is 32.2. The molecule has 30 heavy (non-hydrogen) atoms. The molecule has 0 N–H and O–H groups in total. The van der Waals surface area contributed by atoms with E-state index in [1.54, 1.807) is 30.3 Å². The van der Waals surface area contributed by atoms with E-state index in [4.69, 9.17) is 14.2 Å². The average Bonchev–Trinajstić information content (AvgIpc) is 3.20. The van der Waals surface area contributed by atoms with Gasteiger partial charge < -0.3 is 14.2 Å². The number of halogens is 1. The first kappa shape index (κ1) is 20.9. The molecule has 2 aliphatic heterocycles. The lowest BCUT2D eigenvalue weighted by molar-refractivity contribution is 0.154. The number of rotatable bonds is 6. The molecule has 0 amide bonds. The second-order valence-corrected chi connectivity index (χ2v) is 9.82. The van der Waals surface area contributed by atoms with Gasteiger partial charge in [0.1, 0.15) is 11.6 Å². The molecule has 0 bridgehead atoms. The van der Waals surface area contributed by atoms with E-state index in [1.165, 1.54) is 34.8 Å². The fourth-order valence-corrected chi connectivity index (χ4v) is 5.10. The Morgan fingerprint density at radius 1 is 1.13 bits per heavy atom. The Kier molecular flexibility index (Phi) is 5.86. The predicted molar refractivity (Wildman–Crippen MR) is 109 cm³/mol. The lowest BCUT2D eigenvalue weighted by Crippen LogP contribution is -2.48. The number of ether oxygens (including phenoxy) is 3. The third-order valence-corrected chi connectivity index (χ3v) is 7.50. The van der Waals surface area contributed by atoms with Gasteiger partial charge in [0.05, 0.1) is 6.61 Å².